The molecule has 0 saturated carbocycles. The van der Waals surface area contributed by atoms with Gasteiger partial charge < -0.3 is 19.9 Å². The molecule has 144 valence electrons. The standard InChI is InChI=1S/C21H26ClN3O2/c1-4-16-7-5-6-15(2)20(16)24-10-12-25(13-11-24)21(26)23-17-8-9-19(27-3)18(22)14-17/h5-9,14H,4,10-13H2,1-3H3,(H,23,26). The molecule has 0 atom stereocenters. The van der Waals surface area contributed by atoms with Crippen LogP contribution in [0.2, 0.25) is 5.02 Å². The Morgan fingerprint density at radius 2 is 1.93 bits per heavy atom. The molecule has 6 heteroatoms. The number of anilines is 2. The summed E-state index contributed by atoms with van der Waals surface area (Å²) < 4.78 is 5.14. The number of carbonyl (C=O) groups is 1. The van der Waals surface area contributed by atoms with Crippen LogP contribution in [-0.2, 0) is 6.42 Å². The molecule has 1 N–H and O–H groups in total. The van der Waals surface area contributed by atoms with E-state index in [4.69, 9.17) is 16.3 Å². The molecular formula is C21H26ClN3O2. The Labute approximate surface area is 165 Å². The van der Waals surface area contributed by atoms with Crippen molar-refractivity contribution in [3.8, 4) is 5.75 Å². The number of hydrogen-bond donors (Lipinski definition) is 1. The molecule has 2 amide bonds. The Kier molecular flexibility index (Phi) is 6.11. The summed E-state index contributed by atoms with van der Waals surface area (Å²) in [7, 11) is 1.57. The molecule has 0 unspecified atom stereocenters. The van der Waals surface area contributed by atoms with Crippen molar-refractivity contribution in [1.29, 1.82) is 0 Å². The molecule has 1 saturated heterocycles. The van der Waals surface area contributed by atoms with Crippen molar-refractivity contribution < 1.29 is 9.53 Å². The number of rotatable bonds is 4. The second-order valence-corrected chi connectivity index (χ2v) is 7.10. The number of para-hydroxylation sites is 1. The van der Waals surface area contributed by atoms with Crippen LogP contribution >= 0.6 is 11.6 Å². The molecule has 0 aliphatic carbocycles. The fourth-order valence-corrected chi connectivity index (χ4v) is 3.80. The second-order valence-electron chi connectivity index (χ2n) is 6.69. The first kappa shape index (κ1) is 19.4. The fourth-order valence-electron chi connectivity index (χ4n) is 3.54. The molecule has 0 radical (unpaired) electrons. The van der Waals surface area contributed by atoms with Crippen LogP contribution in [-0.4, -0.2) is 44.2 Å². The monoisotopic (exact) mass is 387 g/mol. The summed E-state index contributed by atoms with van der Waals surface area (Å²) in [6.45, 7) is 7.37. The molecule has 2 aromatic carbocycles. The van der Waals surface area contributed by atoms with Gasteiger partial charge in [0, 0.05) is 37.6 Å². The molecule has 2 aromatic rings. The van der Waals surface area contributed by atoms with E-state index in [9.17, 15) is 4.79 Å². The maximum absolute atomic E-state index is 12.6. The molecule has 1 heterocycles. The van der Waals surface area contributed by atoms with Crippen molar-refractivity contribution in [3.63, 3.8) is 0 Å². The number of methoxy groups -OCH3 is 1. The fraction of sp³-hybridized carbons (Fsp3) is 0.381. The van der Waals surface area contributed by atoms with Crippen molar-refractivity contribution in [3.05, 3.63) is 52.5 Å². The highest BCUT2D eigenvalue weighted by atomic mass is 35.5. The highest BCUT2D eigenvalue weighted by Crippen LogP contribution is 2.28. The van der Waals surface area contributed by atoms with E-state index in [1.807, 2.05) is 4.90 Å². The largest absolute Gasteiger partial charge is 0.495 e. The van der Waals surface area contributed by atoms with Crippen LogP contribution in [0.1, 0.15) is 18.1 Å². The summed E-state index contributed by atoms with van der Waals surface area (Å²) in [6.07, 6.45) is 1.01. The van der Waals surface area contributed by atoms with Gasteiger partial charge in [0.1, 0.15) is 5.75 Å². The second kappa shape index (κ2) is 8.53. The van der Waals surface area contributed by atoms with E-state index in [1.165, 1.54) is 16.8 Å². The number of halogens is 1. The minimum Gasteiger partial charge on any atom is -0.495 e. The van der Waals surface area contributed by atoms with Gasteiger partial charge in [-0.3, -0.25) is 0 Å². The maximum Gasteiger partial charge on any atom is 0.321 e. The molecular weight excluding hydrogens is 362 g/mol. The van der Waals surface area contributed by atoms with Gasteiger partial charge in [-0.05, 0) is 42.7 Å². The summed E-state index contributed by atoms with van der Waals surface area (Å²) in [5.74, 6) is 0.591. The number of ether oxygens (including phenoxy) is 1. The van der Waals surface area contributed by atoms with Gasteiger partial charge in [-0.25, -0.2) is 4.79 Å². The van der Waals surface area contributed by atoms with E-state index in [0.717, 1.165) is 19.5 Å². The molecule has 1 aliphatic rings. The van der Waals surface area contributed by atoms with Crippen LogP contribution in [0.3, 0.4) is 0 Å². The zero-order valence-electron chi connectivity index (χ0n) is 16.1. The number of nitrogens with one attached hydrogen (secondary N) is 1. The van der Waals surface area contributed by atoms with E-state index >= 15 is 0 Å². The number of piperazine rings is 1. The summed E-state index contributed by atoms with van der Waals surface area (Å²) in [5.41, 5.74) is 4.64. The zero-order chi connectivity index (χ0) is 19.4. The van der Waals surface area contributed by atoms with Crippen LogP contribution in [0.25, 0.3) is 0 Å². The smallest absolute Gasteiger partial charge is 0.321 e. The molecule has 27 heavy (non-hydrogen) atoms. The van der Waals surface area contributed by atoms with Crippen LogP contribution in [0.5, 0.6) is 5.75 Å². The lowest BCUT2D eigenvalue weighted by atomic mass is 10.0. The molecule has 1 fully saturated rings. The zero-order valence-corrected chi connectivity index (χ0v) is 16.8. The SMILES string of the molecule is CCc1cccc(C)c1N1CCN(C(=O)Nc2ccc(OC)c(Cl)c2)CC1. The quantitative estimate of drug-likeness (QED) is 0.835. The molecule has 0 aromatic heterocycles. The number of hydrogen-bond acceptors (Lipinski definition) is 3. The number of urea groups is 1. The maximum atomic E-state index is 12.6. The van der Waals surface area contributed by atoms with E-state index in [-0.39, 0.29) is 6.03 Å². The number of carbonyl (C=O) groups excluding carboxylic acids is 1. The van der Waals surface area contributed by atoms with Crippen molar-refractivity contribution in [1.82, 2.24) is 4.90 Å². The van der Waals surface area contributed by atoms with Gasteiger partial charge in [0.15, 0.2) is 0 Å². The van der Waals surface area contributed by atoms with Crippen LogP contribution < -0.4 is 15.0 Å². The summed E-state index contributed by atoms with van der Waals surface area (Å²) in [6, 6.07) is 11.6. The summed E-state index contributed by atoms with van der Waals surface area (Å²) in [5, 5.41) is 3.40. The summed E-state index contributed by atoms with van der Waals surface area (Å²) >= 11 is 6.13. The first-order chi connectivity index (χ1) is 13.0. The van der Waals surface area contributed by atoms with Gasteiger partial charge in [-0.15, -0.1) is 0 Å². The lowest BCUT2D eigenvalue weighted by molar-refractivity contribution is 0.208. The van der Waals surface area contributed by atoms with Gasteiger partial charge in [-0.1, -0.05) is 36.7 Å². The Bertz CT molecular complexity index is 817. The third-order valence-corrected chi connectivity index (χ3v) is 5.28. The van der Waals surface area contributed by atoms with Gasteiger partial charge in [0.05, 0.1) is 12.1 Å². The van der Waals surface area contributed by atoms with Crippen LogP contribution in [0.4, 0.5) is 16.2 Å². The van der Waals surface area contributed by atoms with Crippen molar-refractivity contribution in [2.75, 3.05) is 43.5 Å². The van der Waals surface area contributed by atoms with Crippen molar-refractivity contribution in [2.24, 2.45) is 0 Å². The third kappa shape index (κ3) is 4.30. The third-order valence-electron chi connectivity index (χ3n) is 4.99. The minimum absolute atomic E-state index is 0.101. The first-order valence-electron chi connectivity index (χ1n) is 9.26. The van der Waals surface area contributed by atoms with E-state index < -0.39 is 0 Å². The Morgan fingerprint density at radius 3 is 2.56 bits per heavy atom. The predicted octanol–water partition coefficient (Wildman–Crippen LogP) is 4.57. The highest BCUT2D eigenvalue weighted by molar-refractivity contribution is 6.32. The highest BCUT2D eigenvalue weighted by Gasteiger charge is 2.23. The predicted molar refractivity (Wildman–Crippen MR) is 111 cm³/mol. The van der Waals surface area contributed by atoms with E-state index in [0.29, 0.717) is 29.5 Å². The minimum atomic E-state index is -0.101. The lowest BCUT2D eigenvalue weighted by Gasteiger charge is -2.37. The topological polar surface area (TPSA) is 44.8 Å². The molecule has 0 spiro atoms. The van der Waals surface area contributed by atoms with Crippen LogP contribution in [0.15, 0.2) is 36.4 Å². The van der Waals surface area contributed by atoms with Gasteiger partial charge in [-0.2, -0.15) is 0 Å². The van der Waals surface area contributed by atoms with Crippen LogP contribution in [0, 0.1) is 6.92 Å². The number of aryl methyl sites for hydroxylation is 2. The van der Waals surface area contributed by atoms with Gasteiger partial charge >= 0.3 is 6.03 Å². The Morgan fingerprint density at radius 1 is 1.19 bits per heavy atom. The lowest BCUT2D eigenvalue weighted by Crippen LogP contribution is -2.50. The first-order valence-corrected chi connectivity index (χ1v) is 9.64. The van der Waals surface area contributed by atoms with Crippen molar-refractivity contribution >= 4 is 29.0 Å². The molecule has 0 bridgehead atoms. The van der Waals surface area contributed by atoms with Gasteiger partial charge in [0.25, 0.3) is 0 Å². The molecule has 3 rings (SSSR count). The Balaban J connectivity index is 1.62. The number of amides is 2. The van der Waals surface area contributed by atoms with E-state index in [2.05, 4.69) is 42.3 Å². The summed E-state index contributed by atoms with van der Waals surface area (Å²) in [4.78, 5) is 16.8. The molecule has 1 aliphatic heterocycles. The molecule has 5 nitrogen and oxygen atoms in total. The number of nitrogens with zero attached hydrogens (tertiary/aromatic N) is 2. The van der Waals surface area contributed by atoms with Gasteiger partial charge in [0.2, 0.25) is 0 Å². The normalized spacial score (nSPS) is 14.2. The Hall–Kier alpha value is -2.40. The average Bonchev–Trinajstić information content (AvgIpc) is 2.68. The average molecular weight is 388 g/mol. The van der Waals surface area contributed by atoms with E-state index in [1.54, 1.807) is 25.3 Å². The number of benzene rings is 2. The van der Waals surface area contributed by atoms with Crippen molar-refractivity contribution in [2.45, 2.75) is 20.3 Å².